The molecular weight excluding hydrogens is 282 g/mol. The smallest absolute Gasteiger partial charge is 0.251 e. The number of halogens is 1. The molecule has 1 aromatic carbocycles. The molecule has 94 valence electrons. The highest BCUT2D eigenvalue weighted by Gasteiger charge is 2.20. The lowest BCUT2D eigenvalue weighted by molar-refractivity contribution is 0.0899. The van der Waals surface area contributed by atoms with Gasteiger partial charge < -0.3 is 10.4 Å². The summed E-state index contributed by atoms with van der Waals surface area (Å²) in [4.78, 5) is 11.9. The van der Waals surface area contributed by atoms with Crippen molar-refractivity contribution < 1.29 is 9.90 Å². The summed E-state index contributed by atoms with van der Waals surface area (Å²) in [5.41, 5.74) is 1.39. The molecule has 0 radical (unpaired) electrons. The third kappa shape index (κ3) is 4.48. The molecule has 1 rings (SSSR count). The van der Waals surface area contributed by atoms with Crippen LogP contribution >= 0.6 is 15.9 Å². The van der Waals surface area contributed by atoms with Crippen molar-refractivity contribution in [3.8, 4) is 0 Å². The molecule has 17 heavy (non-hydrogen) atoms. The van der Waals surface area contributed by atoms with Gasteiger partial charge in [0, 0.05) is 23.0 Å². The number of alkyl halides is 1. The molecule has 4 heteroatoms. The molecule has 0 aliphatic heterocycles. The molecule has 0 aromatic heterocycles. The third-order valence-electron chi connectivity index (χ3n) is 2.56. The number of carbonyl (C=O) groups excluding carboxylic acids is 1. The normalized spacial score (nSPS) is 11.3. The Labute approximate surface area is 110 Å². The number of hydrogen-bond acceptors (Lipinski definition) is 2. The van der Waals surface area contributed by atoms with Gasteiger partial charge in [-0.2, -0.15) is 0 Å². The van der Waals surface area contributed by atoms with Gasteiger partial charge in [0.2, 0.25) is 0 Å². The first kappa shape index (κ1) is 14.2. The molecule has 0 spiro atoms. The number of hydrogen-bond donors (Lipinski definition) is 2. The van der Waals surface area contributed by atoms with E-state index >= 15 is 0 Å². The molecule has 0 atom stereocenters. The van der Waals surface area contributed by atoms with Crippen molar-refractivity contribution in [1.82, 2.24) is 5.32 Å². The summed E-state index contributed by atoms with van der Waals surface area (Å²) in [5.74, 6) is -0.107. The molecule has 0 fully saturated rings. The predicted molar refractivity (Wildman–Crippen MR) is 72.3 cm³/mol. The zero-order valence-corrected chi connectivity index (χ0v) is 11.8. The summed E-state index contributed by atoms with van der Waals surface area (Å²) in [6.07, 6.45) is 0.540. The van der Waals surface area contributed by atoms with Crippen LogP contribution in [0.5, 0.6) is 0 Å². The average molecular weight is 300 g/mol. The molecule has 1 amide bonds. The number of carbonyl (C=O) groups is 1. The molecule has 0 saturated carbocycles. The second kappa shape index (κ2) is 6.17. The van der Waals surface area contributed by atoms with Crippen LogP contribution in [0, 0.1) is 0 Å². The summed E-state index contributed by atoms with van der Waals surface area (Å²) < 4.78 is 0. The highest BCUT2D eigenvalue weighted by molar-refractivity contribution is 9.08. The lowest BCUT2D eigenvalue weighted by Crippen LogP contribution is -2.44. The molecule has 0 saturated heterocycles. The fraction of sp³-hybridized carbons (Fsp3) is 0.462. The quantitative estimate of drug-likeness (QED) is 0.821. The van der Waals surface area contributed by atoms with E-state index < -0.39 is 0 Å². The maximum absolute atomic E-state index is 11.9. The highest BCUT2D eigenvalue weighted by Crippen LogP contribution is 2.11. The van der Waals surface area contributed by atoms with E-state index in [2.05, 4.69) is 21.2 Å². The van der Waals surface area contributed by atoms with E-state index in [4.69, 9.17) is 5.11 Å². The standard InChI is InChI=1S/C13H18BrNO2/c1-13(2,7-8-16)15-12(17)11-5-3-10(9-14)4-6-11/h3-6,16H,7-9H2,1-2H3,(H,15,17). The van der Waals surface area contributed by atoms with Crippen LogP contribution in [0.2, 0.25) is 0 Å². The van der Waals surface area contributed by atoms with Gasteiger partial charge in [-0.1, -0.05) is 28.1 Å². The van der Waals surface area contributed by atoms with Crippen LogP contribution in [0.15, 0.2) is 24.3 Å². The van der Waals surface area contributed by atoms with Crippen molar-refractivity contribution in [3.63, 3.8) is 0 Å². The third-order valence-corrected chi connectivity index (χ3v) is 3.21. The molecule has 3 nitrogen and oxygen atoms in total. The van der Waals surface area contributed by atoms with E-state index in [1.54, 1.807) is 12.1 Å². The zero-order chi connectivity index (χ0) is 12.9. The predicted octanol–water partition coefficient (Wildman–Crippen LogP) is 2.47. The minimum absolute atomic E-state index is 0.0653. The molecule has 0 unspecified atom stereocenters. The Kier molecular flexibility index (Phi) is 5.15. The van der Waals surface area contributed by atoms with E-state index in [0.29, 0.717) is 12.0 Å². The highest BCUT2D eigenvalue weighted by atomic mass is 79.9. The number of aliphatic hydroxyl groups excluding tert-OH is 1. The number of rotatable bonds is 5. The minimum Gasteiger partial charge on any atom is -0.396 e. The lowest BCUT2D eigenvalue weighted by atomic mass is 10.0. The fourth-order valence-electron chi connectivity index (χ4n) is 1.47. The molecule has 1 aromatic rings. The second-order valence-electron chi connectivity index (χ2n) is 4.64. The fourth-order valence-corrected chi connectivity index (χ4v) is 1.84. The van der Waals surface area contributed by atoms with Crippen LogP contribution in [-0.2, 0) is 5.33 Å². The molecule has 0 heterocycles. The lowest BCUT2D eigenvalue weighted by Gasteiger charge is -2.25. The van der Waals surface area contributed by atoms with E-state index in [-0.39, 0.29) is 18.1 Å². The van der Waals surface area contributed by atoms with Crippen molar-refractivity contribution in [2.75, 3.05) is 6.61 Å². The Bertz CT molecular complexity index is 374. The van der Waals surface area contributed by atoms with Crippen molar-refractivity contribution >= 4 is 21.8 Å². The monoisotopic (exact) mass is 299 g/mol. The number of aliphatic hydroxyl groups is 1. The first-order chi connectivity index (χ1) is 7.98. The van der Waals surface area contributed by atoms with Crippen LogP contribution in [-0.4, -0.2) is 23.2 Å². The van der Waals surface area contributed by atoms with Gasteiger partial charge in [0.15, 0.2) is 0 Å². The van der Waals surface area contributed by atoms with Gasteiger partial charge in [0.25, 0.3) is 5.91 Å². The molecule has 0 aliphatic carbocycles. The summed E-state index contributed by atoms with van der Waals surface area (Å²) >= 11 is 3.36. The van der Waals surface area contributed by atoms with E-state index in [1.165, 1.54) is 0 Å². The molecule has 0 aliphatic rings. The van der Waals surface area contributed by atoms with Crippen molar-refractivity contribution in [2.24, 2.45) is 0 Å². The van der Waals surface area contributed by atoms with Gasteiger partial charge in [0.1, 0.15) is 0 Å². The van der Waals surface area contributed by atoms with Gasteiger partial charge in [-0.3, -0.25) is 4.79 Å². The van der Waals surface area contributed by atoms with Crippen LogP contribution in [0.3, 0.4) is 0 Å². The Morgan fingerprint density at radius 1 is 1.35 bits per heavy atom. The van der Waals surface area contributed by atoms with Crippen molar-refractivity contribution in [2.45, 2.75) is 31.1 Å². The Morgan fingerprint density at radius 3 is 2.41 bits per heavy atom. The van der Waals surface area contributed by atoms with Crippen LogP contribution in [0.25, 0.3) is 0 Å². The summed E-state index contributed by atoms with van der Waals surface area (Å²) in [6, 6.07) is 7.45. The zero-order valence-electron chi connectivity index (χ0n) is 10.2. The minimum atomic E-state index is -0.389. The Morgan fingerprint density at radius 2 is 1.94 bits per heavy atom. The largest absolute Gasteiger partial charge is 0.396 e. The first-order valence-corrected chi connectivity index (χ1v) is 6.69. The van der Waals surface area contributed by atoms with Gasteiger partial charge in [0.05, 0.1) is 0 Å². The van der Waals surface area contributed by atoms with Crippen LogP contribution in [0.4, 0.5) is 0 Å². The maximum atomic E-state index is 11.9. The Hall–Kier alpha value is -0.870. The van der Waals surface area contributed by atoms with E-state index in [1.807, 2.05) is 26.0 Å². The topological polar surface area (TPSA) is 49.3 Å². The maximum Gasteiger partial charge on any atom is 0.251 e. The summed E-state index contributed by atoms with van der Waals surface area (Å²) in [7, 11) is 0. The van der Waals surface area contributed by atoms with Crippen LogP contribution < -0.4 is 5.32 Å². The summed E-state index contributed by atoms with van der Waals surface area (Å²) in [5, 5.41) is 12.6. The van der Waals surface area contributed by atoms with E-state index in [0.717, 1.165) is 10.9 Å². The Balaban J connectivity index is 2.69. The van der Waals surface area contributed by atoms with Gasteiger partial charge in [-0.25, -0.2) is 0 Å². The van der Waals surface area contributed by atoms with Crippen molar-refractivity contribution in [3.05, 3.63) is 35.4 Å². The molecule has 2 N–H and O–H groups in total. The number of benzene rings is 1. The van der Waals surface area contributed by atoms with Crippen LogP contribution in [0.1, 0.15) is 36.2 Å². The average Bonchev–Trinajstić information content (AvgIpc) is 2.28. The van der Waals surface area contributed by atoms with Gasteiger partial charge in [-0.05, 0) is 38.0 Å². The number of amides is 1. The molecular formula is C13H18BrNO2. The van der Waals surface area contributed by atoms with E-state index in [9.17, 15) is 4.79 Å². The first-order valence-electron chi connectivity index (χ1n) is 5.57. The summed E-state index contributed by atoms with van der Waals surface area (Å²) in [6.45, 7) is 3.86. The van der Waals surface area contributed by atoms with Crippen molar-refractivity contribution in [1.29, 1.82) is 0 Å². The number of nitrogens with one attached hydrogen (secondary N) is 1. The SMILES string of the molecule is CC(C)(CCO)NC(=O)c1ccc(CBr)cc1. The second-order valence-corrected chi connectivity index (χ2v) is 5.20. The van der Waals surface area contributed by atoms with Gasteiger partial charge >= 0.3 is 0 Å². The molecule has 0 bridgehead atoms. The van der Waals surface area contributed by atoms with Gasteiger partial charge in [-0.15, -0.1) is 0 Å².